The maximum absolute atomic E-state index is 11.2. The van der Waals surface area contributed by atoms with Crippen LogP contribution < -0.4 is 11.1 Å². The zero-order valence-electron chi connectivity index (χ0n) is 8.84. The molecule has 0 saturated heterocycles. The minimum absolute atomic E-state index is 0.0811. The molecule has 1 unspecified atom stereocenters. The smallest absolute Gasteiger partial charge is 0.221 e. The Morgan fingerprint density at radius 3 is 2.62 bits per heavy atom. The molecule has 0 fully saturated rings. The number of hydrogen-bond acceptors (Lipinski definition) is 3. The standard InChI is InChI=1S/C9H21N3O/c1-4-8(10)7-11-9(13)5-6-12(2)3/h8H,4-7,10H2,1-3H3,(H,11,13). The summed E-state index contributed by atoms with van der Waals surface area (Å²) in [4.78, 5) is 13.2. The molecular weight excluding hydrogens is 166 g/mol. The van der Waals surface area contributed by atoms with Gasteiger partial charge in [0, 0.05) is 25.6 Å². The quantitative estimate of drug-likeness (QED) is 0.605. The third kappa shape index (κ3) is 7.74. The lowest BCUT2D eigenvalue weighted by molar-refractivity contribution is -0.121. The van der Waals surface area contributed by atoms with Crippen LogP contribution in [0.1, 0.15) is 19.8 Å². The summed E-state index contributed by atoms with van der Waals surface area (Å²) < 4.78 is 0. The molecule has 0 aliphatic carbocycles. The van der Waals surface area contributed by atoms with Crippen molar-refractivity contribution in [3.05, 3.63) is 0 Å². The second-order valence-electron chi connectivity index (χ2n) is 3.53. The fourth-order valence-corrected chi connectivity index (χ4v) is 0.803. The number of hydrogen-bond donors (Lipinski definition) is 2. The Morgan fingerprint density at radius 1 is 1.54 bits per heavy atom. The average Bonchev–Trinajstić information content (AvgIpc) is 2.10. The van der Waals surface area contributed by atoms with Gasteiger partial charge in [0.25, 0.3) is 0 Å². The minimum Gasteiger partial charge on any atom is -0.355 e. The molecule has 78 valence electrons. The van der Waals surface area contributed by atoms with Crippen LogP contribution in [0.5, 0.6) is 0 Å². The van der Waals surface area contributed by atoms with Crippen LogP contribution in [-0.4, -0.2) is 44.0 Å². The third-order valence-corrected chi connectivity index (χ3v) is 1.87. The van der Waals surface area contributed by atoms with E-state index >= 15 is 0 Å². The van der Waals surface area contributed by atoms with E-state index in [9.17, 15) is 4.79 Å². The highest BCUT2D eigenvalue weighted by Gasteiger charge is 2.03. The summed E-state index contributed by atoms with van der Waals surface area (Å²) in [5, 5.41) is 2.80. The van der Waals surface area contributed by atoms with Crippen molar-refractivity contribution < 1.29 is 4.79 Å². The summed E-state index contributed by atoms with van der Waals surface area (Å²) >= 11 is 0. The van der Waals surface area contributed by atoms with E-state index in [1.807, 2.05) is 25.9 Å². The third-order valence-electron chi connectivity index (χ3n) is 1.87. The molecule has 0 saturated carbocycles. The SMILES string of the molecule is CCC(N)CNC(=O)CCN(C)C. The fourth-order valence-electron chi connectivity index (χ4n) is 0.803. The number of carbonyl (C=O) groups is 1. The largest absolute Gasteiger partial charge is 0.355 e. The number of nitrogens with one attached hydrogen (secondary N) is 1. The Morgan fingerprint density at radius 2 is 2.15 bits per heavy atom. The Labute approximate surface area is 80.5 Å². The highest BCUT2D eigenvalue weighted by molar-refractivity contribution is 5.76. The molecule has 0 bridgehead atoms. The molecule has 3 N–H and O–H groups in total. The lowest BCUT2D eigenvalue weighted by Crippen LogP contribution is -2.37. The van der Waals surface area contributed by atoms with Crippen molar-refractivity contribution in [2.24, 2.45) is 5.73 Å². The van der Waals surface area contributed by atoms with Gasteiger partial charge in [0.15, 0.2) is 0 Å². The lowest BCUT2D eigenvalue weighted by Gasteiger charge is -2.12. The molecule has 0 rings (SSSR count). The first-order chi connectivity index (χ1) is 6.06. The van der Waals surface area contributed by atoms with E-state index in [1.165, 1.54) is 0 Å². The van der Waals surface area contributed by atoms with Gasteiger partial charge in [-0.2, -0.15) is 0 Å². The van der Waals surface area contributed by atoms with Crippen LogP contribution in [0.15, 0.2) is 0 Å². The van der Waals surface area contributed by atoms with Crippen molar-refractivity contribution in [1.29, 1.82) is 0 Å². The summed E-state index contributed by atoms with van der Waals surface area (Å²) in [5.74, 6) is 0.0811. The van der Waals surface area contributed by atoms with Crippen molar-refractivity contribution >= 4 is 5.91 Å². The van der Waals surface area contributed by atoms with Gasteiger partial charge < -0.3 is 16.0 Å². The summed E-state index contributed by atoms with van der Waals surface area (Å²) in [6.45, 7) is 3.38. The Bertz CT molecular complexity index is 148. The molecule has 0 spiro atoms. The molecule has 0 aromatic heterocycles. The summed E-state index contributed by atoms with van der Waals surface area (Å²) in [6, 6.07) is 0.0864. The van der Waals surface area contributed by atoms with Crippen LogP contribution >= 0.6 is 0 Å². The van der Waals surface area contributed by atoms with Crippen LogP contribution in [0.25, 0.3) is 0 Å². The fraction of sp³-hybridized carbons (Fsp3) is 0.889. The lowest BCUT2D eigenvalue weighted by atomic mass is 10.2. The number of carbonyl (C=O) groups excluding carboxylic acids is 1. The molecule has 1 amide bonds. The van der Waals surface area contributed by atoms with Gasteiger partial charge in [-0.05, 0) is 20.5 Å². The van der Waals surface area contributed by atoms with Gasteiger partial charge >= 0.3 is 0 Å². The molecular formula is C9H21N3O. The number of nitrogens with zero attached hydrogens (tertiary/aromatic N) is 1. The number of rotatable bonds is 6. The first-order valence-corrected chi connectivity index (χ1v) is 4.73. The van der Waals surface area contributed by atoms with E-state index in [0.717, 1.165) is 13.0 Å². The second kappa shape index (κ2) is 6.86. The molecule has 4 heteroatoms. The maximum Gasteiger partial charge on any atom is 0.221 e. The molecule has 13 heavy (non-hydrogen) atoms. The summed E-state index contributed by atoms with van der Waals surface area (Å²) in [7, 11) is 3.90. The zero-order valence-corrected chi connectivity index (χ0v) is 8.84. The van der Waals surface area contributed by atoms with Gasteiger partial charge in [-0.15, -0.1) is 0 Å². The minimum atomic E-state index is 0.0811. The summed E-state index contributed by atoms with van der Waals surface area (Å²) in [5.41, 5.74) is 5.65. The van der Waals surface area contributed by atoms with Gasteiger partial charge in [-0.25, -0.2) is 0 Å². The number of amides is 1. The normalized spacial score (nSPS) is 13.0. The Kier molecular flexibility index (Phi) is 6.54. The Balaban J connectivity index is 3.40. The zero-order chi connectivity index (χ0) is 10.3. The Hall–Kier alpha value is -0.610. The van der Waals surface area contributed by atoms with Gasteiger partial charge in [-0.3, -0.25) is 4.79 Å². The van der Waals surface area contributed by atoms with Crippen LogP contribution in [0.3, 0.4) is 0 Å². The highest BCUT2D eigenvalue weighted by Crippen LogP contribution is 1.86. The van der Waals surface area contributed by atoms with E-state index in [4.69, 9.17) is 5.73 Å². The molecule has 0 radical (unpaired) electrons. The molecule has 0 aliphatic heterocycles. The molecule has 1 atom stereocenters. The van der Waals surface area contributed by atoms with Crippen molar-refractivity contribution in [1.82, 2.24) is 10.2 Å². The van der Waals surface area contributed by atoms with E-state index < -0.39 is 0 Å². The van der Waals surface area contributed by atoms with Gasteiger partial charge in [0.05, 0.1) is 0 Å². The summed E-state index contributed by atoms with van der Waals surface area (Å²) in [6.07, 6.45) is 1.44. The number of nitrogens with two attached hydrogens (primary N) is 1. The van der Waals surface area contributed by atoms with Crippen molar-refractivity contribution in [2.45, 2.75) is 25.8 Å². The van der Waals surface area contributed by atoms with Gasteiger partial charge in [0.1, 0.15) is 0 Å². The van der Waals surface area contributed by atoms with Crippen LogP contribution in [0.2, 0.25) is 0 Å². The van der Waals surface area contributed by atoms with E-state index in [1.54, 1.807) is 0 Å². The van der Waals surface area contributed by atoms with Crippen molar-refractivity contribution in [3.8, 4) is 0 Å². The molecule has 0 aromatic carbocycles. The van der Waals surface area contributed by atoms with Crippen molar-refractivity contribution in [3.63, 3.8) is 0 Å². The topological polar surface area (TPSA) is 58.4 Å². The van der Waals surface area contributed by atoms with Crippen LogP contribution in [-0.2, 0) is 4.79 Å². The van der Waals surface area contributed by atoms with Crippen LogP contribution in [0, 0.1) is 0 Å². The molecule has 0 heterocycles. The van der Waals surface area contributed by atoms with E-state index in [-0.39, 0.29) is 11.9 Å². The molecule has 4 nitrogen and oxygen atoms in total. The molecule has 0 aromatic rings. The maximum atomic E-state index is 11.2. The van der Waals surface area contributed by atoms with Crippen LogP contribution in [0.4, 0.5) is 0 Å². The second-order valence-corrected chi connectivity index (χ2v) is 3.53. The van der Waals surface area contributed by atoms with Crippen molar-refractivity contribution in [2.75, 3.05) is 27.2 Å². The molecule has 0 aliphatic rings. The first-order valence-electron chi connectivity index (χ1n) is 4.73. The average molecular weight is 187 g/mol. The predicted molar refractivity (Wildman–Crippen MR) is 54.4 cm³/mol. The first kappa shape index (κ1) is 12.4. The predicted octanol–water partition coefficient (Wildman–Crippen LogP) is -0.208. The van der Waals surface area contributed by atoms with Gasteiger partial charge in [-0.1, -0.05) is 6.92 Å². The van der Waals surface area contributed by atoms with Gasteiger partial charge in [0.2, 0.25) is 5.91 Å². The van der Waals surface area contributed by atoms with E-state index in [0.29, 0.717) is 13.0 Å². The van der Waals surface area contributed by atoms with E-state index in [2.05, 4.69) is 5.32 Å². The monoisotopic (exact) mass is 187 g/mol. The highest BCUT2D eigenvalue weighted by atomic mass is 16.1.